The van der Waals surface area contributed by atoms with Gasteiger partial charge >= 0.3 is 0 Å². The molecule has 0 saturated carbocycles. The van der Waals surface area contributed by atoms with E-state index in [0.717, 1.165) is 39.0 Å². The maximum atomic E-state index is 6.97. The third kappa shape index (κ3) is 2.81. The number of nitrogen functional groups attached to an aromatic ring is 1. The van der Waals surface area contributed by atoms with Crippen LogP contribution in [0.15, 0.2) is 115 Å². The molecule has 0 atom stereocenters. The van der Waals surface area contributed by atoms with Gasteiger partial charge in [-0.1, -0.05) is 109 Å². The third-order valence-corrected chi connectivity index (χ3v) is 6.18. The van der Waals surface area contributed by atoms with Crippen LogP contribution in [0.25, 0.3) is 55.2 Å². The average Bonchev–Trinajstić information content (AvgIpc) is 3.25. The lowest BCUT2D eigenvalue weighted by molar-refractivity contribution is 1.53. The summed E-state index contributed by atoms with van der Waals surface area (Å²) in [5.74, 6) is 0. The number of aromatic nitrogens is 1. The number of hydrogen-bond acceptors (Lipinski definition) is 1. The zero-order valence-corrected chi connectivity index (χ0v) is 17.5. The number of benzene rings is 5. The highest BCUT2D eigenvalue weighted by Crippen LogP contribution is 2.50. The fourth-order valence-corrected chi connectivity index (χ4v) is 4.80. The molecule has 0 radical (unpaired) electrons. The standard InChI is InChI=1S/C30H22N2/c31-29-27(22-16-8-3-9-17-22)25(20-12-4-1-5-13-20)26(21-14-6-2-7-15-21)28-23-18-10-11-19-24(23)32-30(28)29/h1-19,32H,31H2. The first-order valence-electron chi connectivity index (χ1n) is 10.8. The highest BCUT2D eigenvalue weighted by molar-refractivity contribution is 6.24. The second-order valence-electron chi connectivity index (χ2n) is 8.06. The minimum absolute atomic E-state index is 0.779. The predicted molar refractivity (Wildman–Crippen MR) is 137 cm³/mol. The molecule has 0 aliphatic rings. The summed E-state index contributed by atoms with van der Waals surface area (Å²) < 4.78 is 0. The van der Waals surface area contributed by atoms with Crippen molar-refractivity contribution in [2.75, 3.05) is 5.73 Å². The van der Waals surface area contributed by atoms with Crippen molar-refractivity contribution in [3.63, 3.8) is 0 Å². The zero-order chi connectivity index (χ0) is 21.5. The van der Waals surface area contributed by atoms with Crippen molar-refractivity contribution in [2.45, 2.75) is 0 Å². The summed E-state index contributed by atoms with van der Waals surface area (Å²) in [6.45, 7) is 0. The second-order valence-corrected chi connectivity index (χ2v) is 8.06. The van der Waals surface area contributed by atoms with Crippen LogP contribution in [0.4, 0.5) is 5.69 Å². The quantitative estimate of drug-likeness (QED) is 0.286. The van der Waals surface area contributed by atoms with E-state index in [1.165, 1.54) is 21.9 Å². The van der Waals surface area contributed by atoms with Gasteiger partial charge in [0, 0.05) is 33.0 Å². The molecule has 32 heavy (non-hydrogen) atoms. The van der Waals surface area contributed by atoms with Gasteiger partial charge in [0.1, 0.15) is 0 Å². The van der Waals surface area contributed by atoms with Crippen molar-refractivity contribution in [3.05, 3.63) is 115 Å². The van der Waals surface area contributed by atoms with Crippen LogP contribution in [0.3, 0.4) is 0 Å². The maximum absolute atomic E-state index is 6.97. The molecule has 0 spiro atoms. The molecule has 0 unspecified atom stereocenters. The molecule has 6 aromatic rings. The van der Waals surface area contributed by atoms with E-state index in [1.54, 1.807) is 0 Å². The summed E-state index contributed by atoms with van der Waals surface area (Å²) in [5, 5.41) is 2.35. The van der Waals surface area contributed by atoms with Crippen molar-refractivity contribution in [1.82, 2.24) is 4.98 Å². The summed E-state index contributed by atoms with van der Waals surface area (Å²) in [7, 11) is 0. The smallest absolute Gasteiger partial charge is 0.0711 e. The summed E-state index contributed by atoms with van der Waals surface area (Å²) in [6, 6.07) is 40.1. The first-order chi connectivity index (χ1) is 15.8. The normalized spacial score (nSPS) is 11.2. The van der Waals surface area contributed by atoms with Gasteiger partial charge in [0.25, 0.3) is 0 Å². The molecular formula is C30H22N2. The van der Waals surface area contributed by atoms with Crippen molar-refractivity contribution >= 4 is 27.5 Å². The SMILES string of the molecule is Nc1c(-c2ccccc2)c(-c2ccccc2)c(-c2ccccc2)c2c1[nH]c1ccccc12. The fourth-order valence-electron chi connectivity index (χ4n) is 4.80. The lowest BCUT2D eigenvalue weighted by Gasteiger charge is -2.20. The van der Waals surface area contributed by atoms with Gasteiger partial charge in [0.05, 0.1) is 11.2 Å². The molecule has 0 aliphatic carbocycles. The zero-order valence-electron chi connectivity index (χ0n) is 17.5. The number of anilines is 1. The highest BCUT2D eigenvalue weighted by Gasteiger charge is 2.24. The Morgan fingerprint density at radius 2 is 0.938 bits per heavy atom. The van der Waals surface area contributed by atoms with E-state index in [2.05, 4.69) is 114 Å². The summed E-state index contributed by atoms with van der Waals surface area (Å²) in [5.41, 5.74) is 16.7. The molecule has 1 aromatic heterocycles. The number of H-pyrrole nitrogens is 1. The number of nitrogens with one attached hydrogen (secondary N) is 1. The van der Waals surface area contributed by atoms with E-state index in [-0.39, 0.29) is 0 Å². The lowest BCUT2D eigenvalue weighted by Crippen LogP contribution is -1.99. The third-order valence-electron chi connectivity index (χ3n) is 6.18. The van der Waals surface area contributed by atoms with Crippen molar-refractivity contribution in [1.29, 1.82) is 0 Å². The highest BCUT2D eigenvalue weighted by atomic mass is 14.7. The van der Waals surface area contributed by atoms with Crippen LogP contribution in [0.5, 0.6) is 0 Å². The topological polar surface area (TPSA) is 41.8 Å². The van der Waals surface area contributed by atoms with Gasteiger partial charge in [-0.05, 0) is 22.8 Å². The molecule has 0 amide bonds. The Labute approximate surface area is 187 Å². The largest absolute Gasteiger partial charge is 0.397 e. The molecular weight excluding hydrogens is 388 g/mol. The van der Waals surface area contributed by atoms with Gasteiger partial charge in [0.2, 0.25) is 0 Å². The first-order valence-corrected chi connectivity index (χ1v) is 10.8. The van der Waals surface area contributed by atoms with Crippen LogP contribution >= 0.6 is 0 Å². The molecule has 1 heterocycles. The van der Waals surface area contributed by atoms with Crippen LogP contribution in [-0.2, 0) is 0 Å². The molecule has 0 aliphatic heterocycles. The van der Waals surface area contributed by atoms with Crippen molar-refractivity contribution in [2.24, 2.45) is 0 Å². The van der Waals surface area contributed by atoms with E-state index < -0.39 is 0 Å². The van der Waals surface area contributed by atoms with Gasteiger partial charge < -0.3 is 10.7 Å². The number of fused-ring (bicyclic) bond motifs is 3. The monoisotopic (exact) mass is 410 g/mol. The summed E-state index contributed by atoms with van der Waals surface area (Å²) in [4.78, 5) is 3.62. The molecule has 0 bridgehead atoms. The number of hydrogen-bond donors (Lipinski definition) is 2. The molecule has 2 nitrogen and oxygen atoms in total. The molecule has 0 saturated heterocycles. The Balaban J connectivity index is 1.90. The van der Waals surface area contributed by atoms with Gasteiger partial charge in [-0.25, -0.2) is 0 Å². The van der Waals surface area contributed by atoms with E-state index in [4.69, 9.17) is 5.73 Å². The molecule has 2 heteroatoms. The van der Waals surface area contributed by atoms with Gasteiger partial charge in [-0.15, -0.1) is 0 Å². The molecule has 6 rings (SSSR count). The minimum atomic E-state index is 0.779. The van der Waals surface area contributed by atoms with Crippen LogP contribution in [0, 0.1) is 0 Å². The Morgan fingerprint density at radius 1 is 0.469 bits per heavy atom. The van der Waals surface area contributed by atoms with E-state index in [0.29, 0.717) is 0 Å². The van der Waals surface area contributed by atoms with Crippen LogP contribution < -0.4 is 5.73 Å². The molecule has 5 aromatic carbocycles. The van der Waals surface area contributed by atoms with Crippen molar-refractivity contribution in [3.8, 4) is 33.4 Å². The Morgan fingerprint density at radius 3 is 1.53 bits per heavy atom. The average molecular weight is 411 g/mol. The lowest BCUT2D eigenvalue weighted by atomic mass is 9.84. The summed E-state index contributed by atoms with van der Waals surface area (Å²) in [6.07, 6.45) is 0. The molecule has 3 N–H and O–H groups in total. The number of aromatic amines is 1. The Hall–Kier alpha value is -4.30. The fraction of sp³-hybridized carbons (Fsp3) is 0. The van der Waals surface area contributed by atoms with Crippen molar-refractivity contribution < 1.29 is 0 Å². The van der Waals surface area contributed by atoms with Gasteiger partial charge in [-0.2, -0.15) is 0 Å². The van der Waals surface area contributed by atoms with Crippen LogP contribution in [-0.4, -0.2) is 4.98 Å². The number of nitrogens with two attached hydrogens (primary N) is 1. The van der Waals surface area contributed by atoms with E-state index >= 15 is 0 Å². The number of rotatable bonds is 3. The molecule has 0 fully saturated rings. The number of para-hydroxylation sites is 1. The second kappa shape index (κ2) is 7.44. The van der Waals surface area contributed by atoms with Gasteiger partial charge in [0.15, 0.2) is 0 Å². The Kier molecular flexibility index (Phi) is 4.29. The Bertz CT molecular complexity index is 1550. The first kappa shape index (κ1) is 18.5. The summed E-state index contributed by atoms with van der Waals surface area (Å²) >= 11 is 0. The minimum Gasteiger partial charge on any atom is -0.397 e. The van der Waals surface area contributed by atoms with Crippen LogP contribution in [0.2, 0.25) is 0 Å². The predicted octanol–water partition coefficient (Wildman–Crippen LogP) is 7.90. The van der Waals surface area contributed by atoms with E-state index in [1.807, 2.05) is 6.07 Å². The maximum Gasteiger partial charge on any atom is 0.0711 e. The van der Waals surface area contributed by atoms with E-state index in [9.17, 15) is 0 Å². The van der Waals surface area contributed by atoms with Crippen LogP contribution in [0.1, 0.15) is 0 Å². The molecule has 152 valence electrons. The van der Waals surface area contributed by atoms with Gasteiger partial charge in [-0.3, -0.25) is 0 Å².